The van der Waals surface area contributed by atoms with Crippen LogP contribution in [-0.4, -0.2) is 29.8 Å². The van der Waals surface area contributed by atoms with E-state index in [-0.39, 0.29) is 37.2 Å². The first kappa shape index (κ1) is 22.0. The zero-order chi connectivity index (χ0) is 18.2. The lowest BCUT2D eigenvalue weighted by Crippen LogP contribution is -2.30. The monoisotopic (exact) mass is 395 g/mol. The van der Waals surface area contributed by atoms with E-state index < -0.39 is 0 Å². The van der Waals surface area contributed by atoms with E-state index in [9.17, 15) is 9.59 Å². The van der Waals surface area contributed by atoms with E-state index in [2.05, 4.69) is 5.32 Å². The number of nitrogens with zero attached hydrogens (tertiary/aromatic N) is 1. The Kier molecular flexibility index (Phi) is 9.13. The van der Waals surface area contributed by atoms with Gasteiger partial charge in [0.15, 0.2) is 0 Å². The normalized spacial score (nSPS) is 9.96. The predicted octanol–water partition coefficient (Wildman–Crippen LogP) is 3.71. The highest BCUT2D eigenvalue weighted by atomic mass is 35.5. The number of rotatable bonds is 7. The van der Waals surface area contributed by atoms with Gasteiger partial charge in [-0.15, -0.1) is 12.4 Å². The minimum Gasteiger partial charge on any atom is -0.335 e. The molecule has 26 heavy (non-hydrogen) atoms. The molecule has 7 heteroatoms. The number of hydrogen-bond donors (Lipinski definition) is 2. The molecule has 0 spiro atoms. The van der Waals surface area contributed by atoms with Crippen molar-refractivity contribution in [1.82, 2.24) is 4.90 Å². The highest BCUT2D eigenvalue weighted by Crippen LogP contribution is 2.23. The molecule has 3 N–H and O–H groups in total. The van der Waals surface area contributed by atoms with Gasteiger partial charge in [-0.1, -0.05) is 41.9 Å². The minimum absolute atomic E-state index is 0. The summed E-state index contributed by atoms with van der Waals surface area (Å²) >= 11 is 6.21. The molecule has 0 unspecified atom stereocenters. The van der Waals surface area contributed by atoms with Crippen molar-refractivity contribution < 1.29 is 9.59 Å². The Hall–Kier alpha value is -2.08. The van der Waals surface area contributed by atoms with Gasteiger partial charge < -0.3 is 16.0 Å². The molecule has 2 amide bonds. The summed E-state index contributed by atoms with van der Waals surface area (Å²) in [6.45, 7) is 3.23. The third-order valence-corrected chi connectivity index (χ3v) is 4.07. The average molecular weight is 396 g/mol. The van der Waals surface area contributed by atoms with Crippen LogP contribution in [0.15, 0.2) is 48.5 Å². The molecular weight excluding hydrogens is 373 g/mol. The fourth-order valence-corrected chi connectivity index (χ4v) is 2.62. The van der Waals surface area contributed by atoms with Gasteiger partial charge in [0.2, 0.25) is 5.91 Å². The SMILES string of the molecule is CCN(Cc1ccccc1)C(=O)c1cc(NC(=O)CCN)ccc1Cl.Cl. The Morgan fingerprint density at radius 2 is 1.85 bits per heavy atom. The minimum atomic E-state index is -0.195. The molecule has 0 aromatic heterocycles. The summed E-state index contributed by atoms with van der Waals surface area (Å²) in [4.78, 5) is 26.3. The van der Waals surface area contributed by atoms with Crippen molar-refractivity contribution in [2.75, 3.05) is 18.4 Å². The van der Waals surface area contributed by atoms with E-state index in [0.29, 0.717) is 29.4 Å². The Bertz CT molecular complexity index is 739. The van der Waals surface area contributed by atoms with Crippen molar-refractivity contribution in [3.63, 3.8) is 0 Å². The second kappa shape index (κ2) is 10.8. The molecule has 0 aliphatic carbocycles. The molecule has 2 aromatic carbocycles. The molecule has 0 aliphatic rings. The lowest BCUT2D eigenvalue weighted by Gasteiger charge is -2.22. The van der Waals surface area contributed by atoms with Crippen molar-refractivity contribution in [1.29, 1.82) is 0 Å². The topological polar surface area (TPSA) is 75.4 Å². The van der Waals surface area contributed by atoms with E-state index in [1.165, 1.54) is 0 Å². The molecule has 0 radical (unpaired) electrons. The second-order valence-electron chi connectivity index (χ2n) is 5.59. The van der Waals surface area contributed by atoms with E-state index in [0.717, 1.165) is 5.56 Å². The summed E-state index contributed by atoms with van der Waals surface area (Å²) in [7, 11) is 0. The summed E-state index contributed by atoms with van der Waals surface area (Å²) < 4.78 is 0. The van der Waals surface area contributed by atoms with Gasteiger partial charge in [-0.2, -0.15) is 0 Å². The van der Waals surface area contributed by atoms with E-state index in [1.54, 1.807) is 23.1 Å². The lowest BCUT2D eigenvalue weighted by molar-refractivity contribution is -0.116. The summed E-state index contributed by atoms with van der Waals surface area (Å²) in [5.74, 6) is -0.369. The first-order valence-electron chi connectivity index (χ1n) is 8.17. The molecule has 2 aromatic rings. The van der Waals surface area contributed by atoms with E-state index >= 15 is 0 Å². The molecular formula is C19H23Cl2N3O2. The van der Waals surface area contributed by atoms with E-state index in [4.69, 9.17) is 17.3 Å². The quantitative estimate of drug-likeness (QED) is 0.749. The first-order valence-corrected chi connectivity index (χ1v) is 8.55. The molecule has 0 saturated heterocycles. The molecule has 140 valence electrons. The van der Waals surface area contributed by atoms with Crippen LogP contribution in [0.1, 0.15) is 29.3 Å². The van der Waals surface area contributed by atoms with Gasteiger partial charge >= 0.3 is 0 Å². The molecule has 0 heterocycles. The second-order valence-corrected chi connectivity index (χ2v) is 5.99. The number of carbonyl (C=O) groups is 2. The third kappa shape index (κ3) is 6.02. The smallest absolute Gasteiger partial charge is 0.255 e. The van der Waals surface area contributed by atoms with Crippen LogP contribution in [0.4, 0.5) is 5.69 Å². The van der Waals surface area contributed by atoms with Gasteiger partial charge in [-0.05, 0) is 30.7 Å². The maximum Gasteiger partial charge on any atom is 0.255 e. The zero-order valence-electron chi connectivity index (χ0n) is 14.6. The van der Waals surface area contributed by atoms with Gasteiger partial charge in [0.25, 0.3) is 5.91 Å². The highest BCUT2D eigenvalue weighted by Gasteiger charge is 2.18. The van der Waals surface area contributed by atoms with Crippen molar-refractivity contribution in [3.05, 3.63) is 64.7 Å². The number of amides is 2. The van der Waals surface area contributed by atoms with Crippen LogP contribution in [-0.2, 0) is 11.3 Å². The van der Waals surface area contributed by atoms with Crippen LogP contribution >= 0.6 is 24.0 Å². The Balaban J connectivity index is 0.00000338. The van der Waals surface area contributed by atoms with Gasteiger partial charge in [0.1, 0.15) is 0 Å². The largest absolute Gasteiger partial charge is 0.335 e. The highest BCUT2D eigenvalue weighted by molar-refractivity contribution is 6.34. The van der Waals surface area contributed by atoms with Gasteiger partial charge in [-0.3, -0.25) is 9.59 Å². The maximum atomic E-state index is 12.9. The van der Waals surface area contributed by atoms with Crippen LogP contribution in [0.5, 0.6) is 0 Å². The molecule has 0 aliphatic heterocycles. The van der Waals surface area contributed by atoms with Gasteiger partial charge in [-0.25, -0.2) is 0 Å². The fourth-order valence-electron chi connectivity index (χ4n) is 2.42. The number of hydrogen-bond acceptors (Lipinski definition) is 3. The fraction of sp³-hybridized carbons (Fsp3) is 0.263. The number of carbonyl (C=O) groups excluding carboxylic acids is 2. The lowest BCUT2D eigenvalue weighted by atomic mass is 10.1. The summed E-state index contributed by atoms with van der Waals surface area (Å²) in [6.07, 6.45) is 0.223. The van der Waals surface area contributed by atoms with Crippen LogP contribution in [0, 0.1) is 0 Å². The number of nitrogens with two attached hydrogens (primary N) is 1. The van der Waals surface area contributed by atoms with Crippen LogP contribution in [0.2, 0.25) is 5.02 Å². The molecule has 0 saturated carbocycles. The van der Waals surface area contributed by atoms with Crippen molar-refractivity contribution in [2.24, 2.45) is 5.73 Å². The number of halogens is 2. The standard InChI is InChI=1S/C19H22ClN3O2.ClH/c1-2-23(13-14-6-4-3-5-7-14)19(25)16-12-15(8-9-17(16)20)22-18(24)10-11-21;/h3-9,12H,2,10-11,13,21H2,1H3,(H,22,24);1H. The zero-order valence-corrected chi connectivity index (χ0v) is 16.1. The number of nitrogens with one attached hydrogen (secondary N) is 1. The third-order valence-electron chi connectivity index (χ3n) is 3.74. The Morgan fingerprint density at radius 3 is 2.46 bits per heavy atom. The number of anilines is 1. The van der Waals surface area contributed by atoms with Gasteiger partial charge in [0, 0.05) is 31.7 Å². The van der Waals surface area contributed by atoms with Crippen molar-refractivity contribution >= 4 is 41.5 Å². The maximum absolute atomic E-state index is 12.9. The predicted molar refractivity (Wildman–Crippen MR) is 108 cm³/mol. The van der Waals surface area contributed by atoms with Crippen LogP contribution in [0.25, 0.3) is 0 Å². The first-order chi connectivity index (χ1) is 12.0. The molecule has 5 nitrogen and oxygen atoms in total. The molecule has 2 rings (SSSR count). The van der Waals surface area contributed by atoms with E-state index in [1.807, 2.05) is 37.3 Å². The summed E-state index contributed by atoms with van der Waals surface area (Å²) in [5.41, 5.74) is 7.31. The van der Waals surface area contributed by atoms with Crippen molar-refractivity contribution in [3.8, 4) is 0 Å². The van der Waals surface area contributed by atoms with Crippen LogP contribution < -0.4 is 11.1 Å². The molecule has 0 atom stereocenters. The van der Waals surface area contributed by atoms with Crippen LogP contribution in [0.3, 0.4) is 0 Å². The summed E-state index contributed by atoms with van der Waals surface area (Å²) in [5, 5.41) is 3.08. The summed E-state index contributed by atoms with van der Waals surface area (Å²) in [6, 6.07) is 14.6. The molecule has 0 bridgehead atoms. The number of benzene rings is 2. The molecule has 0 fully saturated rings. The Morgan fingerprint density at radius 1 is 1.15 bits per heavy atom. The van der Waals surface area contributed by atoms with Gasteiger partial charge in [0.05, 0.1) is 10.6 Å². The van der Waals surface area contributed by atoms with Crippen molar-refractivity contribution in [2.45, 2.75) is 19.9 Å². The Labute approximate surface area is 164 Å². The average Bonchev–Trinajstić information content (AvgIpc) is 2.62.